The average Bonchev–Trinajstić information content (AvgIpc) is 1.95. The van der Waals surface area contributed by atoms with Crippen molar-refractivity contribution in [2.45, 2.75) is 0 Å². The van der Waals surface area contributed by atoms with Gasteiger partial charge >= 0.3 is 23.9 Å². The van der Waals surface area contributed by atoms with Gasteiger partial charge in [0.05, 0.1) is 0 Å². The first-order valence-electron chi connectivity index (χ1n) is 4.39. The van der Waals surface area contributed by atoms with Crippen molar-refractivity contribution < 1.29 is 44.1 Å². The number of carboxylic acids is 4. The van der Waals surface area contributed by atoms with Crippen LogP contribution < -0.4 is 0 Å². The molecule has 17 heavy (non-hydrogen) atoms. The predicted molar refractivity (Wildman–Crippen MR) is 50.3 cm³/mol. The van der Waals surface area contributed by atoms with Crippen molar-refractivity contribution in [3.63, 3.8) is 0 Å². The summed E-state index contributed by atoms with van der Waals surface area (Å²) in [4.78, 5) is 42.3. The van der Waals surface area contributed by atoms with Crippen LogP contribution in [0.3, 0.4) is 0 Å². The Balaban J connectivity index is 5.16. The molecule has 0 aromatic heterocycles. The lowest BCUT2D eigenvalue weighted by Crippen LogP contribution is -2.58. The lowest BCUT2D eigenvalue weighted by Gasteiger charge is -2.32. The smallest absolute Gasteiger partial charge is 0.359 e. The zero-order chi connectivity index (χ0) is 13.6. The van der Waals surface area contributed by atoms with Gasteiger partial charge in [-0.1, -0.05) is 0 Å². The normalized spacial score (nSPS) is 10.8. The van der Waals surface area contributed by atoms with Crippen LogP contribution in [0, 0.1) is 0 Å². The molecular formula is C8H12NO8+. The standard InChI is InChI=1S/C8H11NO8/c10-5(11)1-9(2-6(12)13,3-7(14)15)4-8(16)17/h1-4H2,(H3-,10,11,12,13,14,15,16,17)/p+1. The highest BCUT2D eigenvalue weighted by atomic mass is 16.4. The van der Waals surface area contributed by atoms with E-state index < -0.39 is 54.5 Å². The largest absolute Gasteiger partial charge is 0.477 e. The summed E-state index contributed by atoms with van der Waals surface area (Å²) in [6.45, 7) is -3.54. The fraction of sp³-hybridized carbons (Fsp3) is 0.500. The molecule has 0 aliphatic heterocycles. The molecule has 0 aliphatic rings. The van der Waals surface area contributed by atoms with Crippen LogP contribution in [0.15, 0.2) is 0 Å². The Morgan fingerprint density at radius 1 is 0.588 bits per heavy atom. The molecule has 9 nitrogen and oxygen atoms in total. The molecule has 0 unspecified atom stereocenters. The topological polar surface area (TPSA) is 149 Å². The van der Waals surface area contributed by atoms with Crippen LogP contribution in [0.5, 0.6) is 0 Å². The van der Waals surface area contributed by atoms with Crippen molar-refractivity contribution in [3.8, 4) is 0 Å². The average molecular weight is 250 g/mol. The molecule has 0 saturated carbocycles. The van der Waals surface area contributed by atoms with Gasteiger partial charge in [0.1, 0.15) is 0 Å². The van der Waals surface area contributed by atoms with Crippen LogP contribution in [-0.2, 0) is 19.2 Å². The number of rotatable bonds is 8. The highest BCUT2D eigenvalue weighted by Gasteiger charge is 2.38. The van der Waals surface area contributed by atoms with Gasteiger partial charge in [0.25, 0.3) is 0 Å². The summed E-state index contributed by atoms with van der Waals surface area (Å²) in [5, 5.41) is 34.4. The SMILES string of the molecule is O=C(O)C[N+](CC(=O)O)(CC(=O)O)CC(=O)O. The molecule has 0 fully saturated rings. The summed E-state index contributed by atoms with van der Waals surface area (Å²) in [5.41, 5.74) is 0. The van der Waals surface area contributed by atoms with Gasteiger partial charge in [0.2, 0.25) is 0 Å². The summed E-state index contributed by atoms with van der Waals surface area (Å²) in [7, 11) is 0. The Morgan fingerprint density at radius 2 is 0.765 bits per heavy atom. The first-order chi connectivity index (χ1) is 7.67. The van der Waals surface area contributed by atoms with E-state index in [9.17, 15) is 19.2 Å². The van der Waals surface area contributed by atoms with Crippen LogP contribution in [-0.4, -0.2) is 75.0 Å². The number of hydrogen-bond donors (Lipinski definition) is 4. The highest BCUT2D eigenvalue weighted by Crippen LogP contribution is 2.07. The van der Waals surface area contributed by atoms with E-state index in [1.165, 1.54) is 0 Å². The van der Waals surface area contributed by atoms with E-state index in [1.54, 1.807) is 0 Å². The molecular weight excluding hydrogens is 238 g/mol. The molecule has 0 saturated heterocycles. The van der Waals surface area contributed by atoms with Gasteiger partial charge in [0, 0.05) is 0 Å². The second kappa shape index (κ2) is 5.80. The van der Waals surface area contributed by atoms with Crippen molar-refractivity contribution >= 4 is 23.9 Å². The van der Waals surface area contributed by atoms with E-state index >= 15 is 0 Å². The van der Waals surface area contributed by atoms with Crippen LogP contribution in [0.4, 0.5) is 0 Å². The zero-order valence-electron chi connectivity index (χ0n) is 8.70. The number of carbonyl (C=O) groups is 4. The first-order valence-corrected chi connectivity index (χ1v) is 4.39. The van der Waals surface area contributed by atoms with Gasteiger partial charge in [-0.15, -0.1) is 0 Å². The van der Waals surface area contributed by atoms with Gasteiger partial charge in [-0.05, 0) is 0 Å². The Hall–Kier alpha value is -2.16. The Morgan fingerprint density at radius 3 is 0.882 bits per heavy atom. The Labute approximate surface area is 95.1 Å². The summed E-state index contributed by atoms with van der Waals surface area (Å²) in [6.07, 6.45) is 0. The van der Waals surface area contributed by atoms with Crippen molar-refractivity contribution in [2.24, 2.45) is 0 Å². The second-order valence-electron chi connectivity index (χ2n) is 3.55. The summed E-state index contributed by atoms with van der Waals surface area (Å²) in [5.74, 6) is -5.86. The maximum Gasteiger partial charge on any atom is 0.359 e. The predicted octanol–water partition coefficient (Wildman–Crippen LogP) is -1.86. The maximum absolute atomic E-state index is 10.6. The summed E-state index contributed by atoms with van der Waals surface area (Å²) < 4.78 is -1.07. The van der Waals surface area contributed by atoms with E-state index in [1.807, 2.05) is 0 Å². The molecule has 9 heteroatoms. The molecule has 0 aromatic rings. The van der Waals surface area contributed by atoms with E-state index in [0.29, 0.717) is 0 Å². The number of carboxylic acid groups (broad SMARTS) is 4. The molecule has 0 aromatic carbocycles. The zero-order valence-corrected chi connectivity index (χ0v) is 8.70. The highest BCUT2D eigenvalue weighted by molar-refractivity contribution is 5.75. The maximum atomic E-state index is 10.6. The molecule has 0 amide bonds. The van der Waals surface area contributed by atoms with E-state index in [2.05, 4.69) is 0 Å². The quantitative estimate of drug-likeness (QED) is 0.366. The molecule has 0 aliphatic carbocycles. The van der Waals surface area contributed by atoms with Crippen molar-refractivity contribution in [2.75, 3.05) is 26.2 Å². The van der Waals surface area contributed by atoms with Crippen LogP contribution in [0.2, 0.25) is 0 Å². The third-order valence-corrected chi connectivity index (χ3v) is 1.88. The minimum atomic E-state index is -1.46. The lowest BCUT2D eigenvalue weighted by molar-refractivity contribution is -0.900. The van der Waals surface area contributed by atoms with Gasteiger partial charge in [-0.3, -0.25) is 4.48 Å². The summed E-state index contributed by atoms with van der Waals surface area (Å²) >= 11 is 0. The number of aliphatic carboxylic acids is 4. The fourth-order valence-electron chi connectivity index (χ4n) is 1.48. The van der Waals surface area contributed by atoms with E-state index in [4.69, 9.17) is 20.4 Å². The lowest BCUT2D eigenvalue weighted by atomic mass is 10.3. The minimum absolute atomic E-state index is 0.884. The molecule has 0 radical (unpaired) electrons. The van der Waals surface area contributed by atoms with Crippen LogP contribution in [0.25, 0.3) is 0 Å². The Kier molecular flexibility index (Phi) is 5.06. The van der Waals surface area contributed by atoms with Gasteiger partial charge in [0.15, 0.2) is 26.2 Å². The molecule has 0 heterocycles. The van der Waals surface area contributed by atoms with Gasteiger partial charge in [-0.25, -0.2) is 19.2 Å². The molecule has 0 atom stereocenters. The molecule has 96 valence electrons. The molecule has 4 N–H and O–H groups in total. The Bertz CT molecular complexity index is 280. The minimum Gasteiger partial charge on any atom is -0.477 e. The van der Waals surface area contributed by atoms with Crippen molar-refractivity contribution in [3.05, 3.63) is 0 Å². The first kappa shape index (κ1) is 14.8. The number of nitrogens with zero attached hydrogens (tertiary/aromatic N) is 1. The third kappa shape index (κ3) is 6.10. The molecule has 0 bridgehead atoms. The van der Waals surface area contributed by atoms with E-state index in [0.717, 1.165) is 0 Å². The van der Waals surface area contributed by atoms with Crippen molar-refractivity contribution in [1.29, 1.82) is 0 Å². The summed E-state index contributed by atoms with van der Waals surface area (Å²) in [6, 6.07) is 0. The van der Waals surface area contributed by atoms with Crippen LogP contribution >= 0.6 is 0 Å². The number of hydrogen-bond acceptors (Lipinski definition) is 4. The fourth-order valence-corrected chi connectivity index (χ4v) is 1.48. The van der Waals surface area contributed by atoms with Crippen molar-refractivity contribution in [1.82, 2.24) is 0 Å². The third-order valence-electron chi connectivity index (χ3n) is 1.88. The molecule has 0 spiro atoms. The number of quaternary nitrogens is 1. The van der Waals surface area contributed by atoms with Gasteiger partial charge < -0.3 is 20.4 Å². The van der Waals surface area contributed by atoms with Gasteiger partial charge in [-0.2, -0.15) is 0 Å². The van der Waals surface area contributed by atoms with E-state index in [-0.39, 0.29) is 0 Å². The van der Waals surface area contributed by atoms with Crippen LogP contribution in [0.1, 0.15) is 0 Å². The monoisotopic (exact) mass is 250 g/mol. The second-order valence-corrected chi connectivity index (χ2v) is 3.55. The molecule has 0 rings (SSSR count).